The minimum atomic E-state index is 0.704. The van der Waals surface area contributed by atoms with Crippen molar-refractivity contribution >= 4 is 0 Å². The molecule has 0 spiro atoms. The van der Waals surface area contributed by atoms with Crippen molar-refractivity contribution < 1.29 is 0 Å². The van der Waals surface area contributed by atoms with Crippen molar-refractivity contribution in [2.24, 2.45) is 35.5 Å². The molecule has 1 aliphatic heterocycles. The summed E-state index contributed by atoms with van der Waals surface area (Å²) in [6.45, 7) is 9.98. The zero-order valence-electron chi connectivity index (χ0n) is 24.5. The fourth-order valence-electron chi connectivity index (χ4n) is 9.85. The molecule has 5 rings (SSSR count). The van der Waals surface area contributed by atoms with Gasteiger partial charge in [-0.05, 0) is 140 Å². The highest BCUT2D eigenvalue weighted by atomic mass is 15.2. The maximum Gasteiger partial charge on any atom is 0.0130 e. The Balaban J connectivity index is 1.24. The number of likely N-dealkylation sites (tertiary alicyclic amines) is 1. The highest BCUT2D eigenvalue weighted by molar-refractivity contribution is 5.11. The van der Waals surface area contributed by atoms with Gasteiger partial charge in [-0.3, -0.25) is 4.90 Å². The SMILES string of the molecule is C/C(=C\C1CCC2C(CCC3CC(/C=C(\C)C4CCCCC4)CCC3N2C(C)C)C1)C1CCCCC1. The number of allylic oxidation sites excluding steroid dienone is 4. The Bertz CT molecular complexity index is 689. The van der Waals surface area contributed by atoms with Crippen LogP contribution in [-0.2, 0) is 0 Å². The number of hydrogen-bond donors (Lipinski definition) is 0. The van der Waals surface area contributed by atoms with Crippen LogP contribution < -0.4 is 0 Å². The summed E-state index contributed by atoms with van der Waals surface area (Å²) in [7, 11) is 0. The summed E-state index contributed by atoms with van der Waals surface area (Å²) >= 11 is 0. The summed E-state index contributed by atoms with van der Waals surface area (Å²) in [4.78, 5) is 3.09. The molecule has 1 saturated heterocycles. The molecule has 0 aromatic carbocycles. The van der Waals surface area contributed by atoms with Crippen molar-refractivity contribution in [1.29, 1.82) is 0 Å². The fraction of sp³-hybridized carbons (Fsp3) is 0.886. The molecule has 5 aliphatic rings. The van der Waals surface area contributed by atoms with Gasteiger partial charge in [0, 0.05) is 18.1 Å². The normalized spacial score (nSPS) is 38.5. The van der Waals surface area contributed by atoms with Gasteiger partial charge in [-0.1, -0.05) is 61.8 Å². The molecule has 5 fully saturated rings. The summed E-state index contributed by atoms with van der Waals surface area (Å²) in [5, 5.41) is 0. The topological polar surface area (TPSA) is 3.24 Å². The molecule has 1 heterocycles. The molecule has 0 aromatic rings. The van der Waals surface area contributed by atoms with Crippen LogP contribution in [0.1, 0.15) is 143 Å². The summed E-state index contributed by atoms with van der Waals surface area (Å²) in [5.41, 5.74) is 3.51. The molecule has 0 bridgehead atoms. The third kappa shape index (κ3) is 6.35. The molecule has 4 saturated carbocycles. The molecule has 6 unspecified atom stereocenters. The molecule has 4 aliphatic carbocycles. The molecular formula is C35H59N. The Morgan fingerprint density at radius 1 is 0.556 bits per heavy atom. The van der Waals surface area contributed by atoms with Crippen LogP contribution in [0.2, 0.25) is 0 Å². The van der Waals surface area contributed by atoms with Crippen LogP contribution in [0.5, 0.6) is 0 Å². The van der Waals surface area contributed by atoms with E-state index in [0.29, 0.717) is 6.04 Å². The second kappa shape index (κ2) is 12.5. The van der Waals surface area contributed by atoms with Gasteiger partial charge >= 0.3 is 0 Å². The third-order valence-electron chi connectivity index (χ3n) is 11.7. The number of nitrogens with zero attached hydrogens (tertiary/aromatic N) is 1. The molecule has 204 valence electrons. The highest BCUT2D eigenvalue weighted by Crippen LogP contribution is 2.47. The average molecular weight is 494 g/mol. The van der Waals surface area contributed by atoms with E-state index in [1.807, 2.05) is 0 Å². The van der Waals surface area contributed by atoms with Crippen molar-refractivity contribution in [2.75, 3.05) is 0 Å². The Labute approximate surface area is 224 Å². The van der Waals surface area contributed by atoms with E-state index in [4.69, 9.17) is 0 Å². The fourth-order valence-corrected chi connectivity index (χ4v) is 9.85. The van der Waals surface area contributed by atoms with Crippen molar-refractivity contribution in [1.82, 2.24) is 4.90 Å². The van der Waals surface area contributed by atoms with E-state index in [0.717, 1.165) is 47.6 Å². The van der Waals surface area contributed by atoms with Gasteiger partial charge in [0.1, 0.15) is 0 Å². The van der Waals surface area contributed by atoms with Gasteiger partial charge in [0.25, 0.3) is 0 Å². The van der Waals surface area contributed by atoms with Gasteiger partial charge in [-0.2, -0.15) is 0 Å². The summed E-state index contributed by atoms with van der Waals surface area (Å²) < 4.78 is 0. The minimum absolute atomic E-state index is 0.704. The third-order valence-corrected chi connectivity index (χ3v) is 11.7. The molecule has 1 nitrogen and oxygen atoms in total. The zero-order chi connectivity index (χ0) is 25.1. The predicted octanol–water partition coefficient (Wildman–Crippen LogP) is 10.1. The molecule has 0 aromatic heterocycles. The molecule has 36 heavy (non-hydrogen) atoms. The first-order valence-electron chi connectivity index (χ1n) is 16.6. The Kier molecular flexibility index (Phi) is 9.41. The number of fused-ring (bicyclic) bond motifs is 2. The molecule has 0 amide bonds. The molecule has 0 N–H and O–H groups in total. The molecule has 1 heteroatoms. The average Bonchev–Trinajstić information content (AvgIpc) is 3.06. The van der Waals surface area contributed by atoms with E-state index in [9.17, 15) is 0 Å². The Morgan fingerprint density at radius 3 is 1.36 bits per heavy atom. The van der Waals surface area contributed by atoms with E-state index >= 15 is 0 Å². The first-order valence-corrected chi connectivity index (χ1v) is 16.6. The van der Waals surface area contributed by atoms with Crippen LogP contribution in [0, 0.1) is 35.5 Å². The first-order chi connectivity index (χ1) is 17.5. The predicted molar refractivity (Wildman–Crippen MR) is 156 cm³/mol. The first kappa shape index (κ1) is 27.0. The molecule has 6 atom stereocenters. The van der Waals surface area contributed by atoms with Crippen molar-refractivity contribution in [3.63, 3.8) is 0 Å². The zero-order valence-corrected chi connectivity index (χ0v) is 24.5. The lowest BCUT2D eigenvalue weighted by molar-refractivity contribution is 0.00657. The lowest BCUT2D eigenvalue weighted by Gasteiger charge is -2.49. The number of hydrogen-bond acceptors (Lipinski definition) is 1. The van der Waals surface area contributed by atoms with Gasteiger partial charge in [0.15, 0.2) is 0 Å². The van der Waals surface area contributed by atoms with Crippen molar-refractivity contribution in [3.05, 3.63) is 23.3 Å². The highest BCUT2D eigenvalue weighted by Gasteiger charge is 2.44. The van der Waals surface area contributed by atoms with E-state index in [1.165, 1.54) is 116 Å². The van der Waals surface area contributed by atoms with Gasteiger partial charge in [-0.15, -0.1) is 0 Å². The Hall–Kier alpha value is -0.560. The van der Waals surface area contributed by atoms with E-state index < -0.39 is 0 Å². The molecular weight excluding hydrogens is 434 g/mol. The van der Waals surface area contributed by atoms with E-state index in [2.05, 4.69) is 44.7 Å². The summed E-state index contributed by atoms with van der Waals surface area (Å²) in [5.74, 6) is 5.40. The summed E-state index contributed by atoms with van der Waals surface area (Å²) in [6.07, 6.45) is 31.9. The van der Waals surface area contributed by atoms with Crippen molar-refractivity contribution in [3.8, 4) is 0 Å². The van der Waals surface area contributed by atoms with Crippen LogP contribution in [-0.4, -0.2) is 23.0 Å². The van der Waals surface area contributed by atoms with Gasteiger partial charge < -0.3 is 0 Å². The van der Waals surface area contributed by atoms with Crippen LogP contribution in [0.3, 0.4) is 0 Å². The van der Waals surface area contributed by atoms with E-state index in [1.54, 1.807) is 11.1 Å². The maximum absolute atomic E-state index is 3.09. The second-order valence-corrected chi connectivity index (χ2v) is 14.4. The van der Waals surface area contributed by atoms with Crippen LogP contribution >= 0.6 is 0 Å². The largest absolute Gasteiger partial charge is 0.294 e. The standard InChI is InChI=1S/C35H59N/c1-25(2)36-34-19-15-28(21-26(3)30-11-7-5-8-12-30)23-32(34)17-18-33-24-29(16-20-35(33)36)22-27(4)31-13-9-6-10-14-31/h21-22,25,28-35H,5-20,23-24H2,1-4H3/b26-21+,27-22+. The lowest BCUT2D eigenvalue weighted by Crippen LogP contribution is -2.53. The summed E-state index contributed by atoms with van der Waals surface area (Å²) in [6, 6.07) is 2.42. The lowest BCUT2D eigenvalue weighted by atomic mass is 9.73. The van der Waals surface area contributed by atoms with Gasteiger partial charge in [-0.25, -0.2) is 0 Å². The Morgan fingerprint density at radius 2 is 0.972 bits per heavy atom. The van der Waals surface area contributed by atoms with Gasteiger partial charge in [0.2, 0.25) is 0 Å². The maximum atomic E-state index is 3.09. The van der Waals surface area contributed by atoms with E-state index in [-0.39, 0.29) is 0 Å². The van der Waals surface area contributed by atoms with Crippen LogP contribution in [0.25, 0.3) is 0 Å². The quantitative estimate of drug-likeness (QED) is 0.344. The van der Waals surface area contributed by atoms with Gasteiger partial charge in [0.05, 0.1) is 0 Å². The second-order valence-electron chi connectivity index (χ2n) is 14.4. The monoisotopic (exact) mass is 493 g/mol. The molecule has 0 radical (unpaired) electrons. The number of rotatable bonds is 5. The van der Waals surface area contributed by atoms with Crippen LogP contribution in [0.4, 0.5) is 0 Å². The van der Waals surface area contributed by atoms with Crippen LogP contribution in [0.15, 0.2) is 23.3 Å². The van der Waals surface area contributed by atoms with Crippen molar-refractivity contribution in [2.45, 2.75) is 161 Å². The smallest absolute Gasteiger partial charge is 0.0130 e. The minimum Gasteiger partial charge on any atom is -0.294 e.